The summed E-state index contributed by atoms with van der Waals surface area (Å²) in [5, 5.41) is 6.64. The molecule has 1 aromatic carbocycles. The predicted molar refractivity (Wildman–Crippen MR) is 127 cm³/mol. The highest BCUT2D eigenvalue weighted by atomic mass is 35.5. The molecule has 0 aliphatic carbocycles. The number of ether oxygens (including phenoxy) is 3. The standard InChI is InChI=1S/C23H24N4O4S.ClH/c1-29-20-12-25-11-17(20)27-22(28)21-13-26-23(32-21)30-16-5-7-18-14(9-16)4-6-19(31-18)15-3-2-8-24-10-15;/h2-3,5,7-10,13,17,19-20,25H,4,6,11-12H2,1H3,(H,27,28);1H/t17-,19?,20-;/m0./s1. The van der Waals surface area contributed by atoms with Crippen molar-refractivity contribution in [2.75, 3.05) is 20.2 Å². The molecule has 1 unspecified atom stereocenters. The number of hydrogen-bond donors (Lipinski definition) is 2. The molecule has 1 amide bonds. The molecule has 5 rings (SSSR count). The molecule has 2 aromatic heterocycles. The van der Waals surface area contributed by atoms with E-state index in [-0.39, 0.29) is 36.6 Å². The van der Waals surface area contributed by atoms with Gasteiger partial charge in [0.15, 0.2) is 0 Å². The molecular weight excluding hydrogens is 464 g/mol. The van der Waals surface area contributed by atoms with Crippen molar-refractivity contribution in [3.05, 3.63) is 64.9 Å². The van der Waals surface area contributed by atoms with Crippen molar-refractivity contribution in [2.24, 2.45) is 0 Å². The van der Waals surface area contributed by atoms with Gasteiger partial charge < -0.3 is 24.8 Å². The number of aryl methyl sites for hydroxylation is 1. The number of thiazole rings is 1. The van der Waals surface area contributed by atoms with Crippen LogP contribution in [0.1, 0.15) is 33.3 Å². The third-order valence-corrected chi connectivity index (χ3v) is 6.60. The summed E-state index contributed by atoms with van der Waals surface area (Å²) in [6.07, 6.45) is 6.89. The fraction of sp³-hybridized carbons (Fsp3) is 0.348. The summed E-state index contributed by atoms with van der Waals surface area (Å²) in [6, 6.07) is 9.66. The number of nitrogens with zero attached hydrogens (tertiary/aromatic N) is 2. The molecule has 0 bridgehead atoms. The molecule has 4 heterocycles. The Labute approximate surface area is 202 Å². The van der Waals surface area contributed by atoms with Gasteiger partial charge in [0.1, 0.15) is 22.5 Å². The van der Waals surface area contributed by atoms with Crippen molar-refractivity contribution in [3.63, 3.8) is 0 Å². The Morgan fingerprint density at radius 2 is 2.18 bits per heavy atom. The van der Waals surface area contributed by atoms with E-state index in [2.05, 4.69) is 20.6 Å². The summed E-state index contributed by atoms with van der Waals surface area (Å²) in [4.78, 5) is 21.5. The lowest BCUT2D eigenvalue weighted by atomic mass is 9.98. The molecule has 0 radical (unpaired) electrons. The molecule has 10 heteroatoms. The van der Waals surface area contributed by atoms with Gasteiger partial charge in [0.05, 0.1) is 18.3 Å². The number of benzene rings is 1. The number of fused-ring (bicyclic) bond motifs is 1. The average molecular weight is 489 g/mol. The summed E-state index contributed by atoms with van der Waals surface area (Å²) in [5.41, 5.74) is 2.17. The third-order valence-electron chi connectivity index (χ3n) is 5.72. The highest BCUT2D eigenvalue weighted by Crippen LogP contribution is 2.37. The highest BCUT2D eigenvalue weighted by Gasteiger charge is 2.29. The lowest BCUT2D eigenvalue weighted by Gasteiger charge is -2.26. The Kier molecular flexibility index (Phi) is 7.44. The first kappa shape index (κ1) is 23.4. The Morgan fingerprint density at radius 1 is 1.27 bits per heavy atom. The van der Waals surface area contributed by atoms with Gasteiger partial charge in [-0.15, -0.1) is 12.4 Å². The molecule has 1 saturated heterocycles. The predicted octanol–water partition coefficient (Wildman–Crippen LogP) is 3.54. The summed E-state index contributed by atoms with van der Waals surface area (Å²) in [7, 11) is 1.65. The second kappa shape index (κ2) is 10.5. The summed E-state index contributed by atoms with van der Waals surface area (Å²) in [5.74, 6) is 1.36. The largest absolute Gasteiger partial charge is 0.485 e. The highest BCUT2D eigenvalue weighted by molar-refractivity contribution is 7.15. The second-order valence-corrected chi connectivity index (χ2v) is 8.80. The Balaban J connectivity index is 0.00000259. The summed E-state index contributed by atoms with van der Waals surface area (Å²) < 4.78 is 17.5. The van der Waals surface area contributed by atoms with Gasteiger partial charge in [-0.25, -0.2) is 4.98 Å². The molecule has 33 heavy (non-hydrogen) atoms. The number of aromatic nitrogens is 2. The molecule has 8 nitrogen and oxygen atoms in total. The average Bonchev–Trinajstić information content (AvgIpc) is 3.48. The van der Waals surface area contributed by atoms with E-state index < -0.39 is 0 Å². The van der Waals surface area contributed by atoms with Gasteiger partial charge in [-0.3, -0.25) is 9.78 Å². The van der Waals surface area contributed by atoms with E-state index in [1.807, 2.05) is 36.5 Å². The minimum absolute atomic E-state index is 0. The van der Waals surface area contributed by atoms with E-state index in [1.165, 1.54) is 11.3 Å². The molecule has 3 atom stereocenters. The molecule has 3 aromatic rings. The van der Waals surface area contributed by atoms with Crippen LogP contribution in [-0.4, -0.2) is 48.2 Å². The number of hydrogen-bond acceptors (Lipinski definition) is 8. The zero-order valence-corrected chi connectivity index (χ0v) is 19.7. The van der Waals surface area contributed by atoms with Crippen LogP contribution >= 0.6 is 23.7 Å². The van der Waals surface area contributed by atoms with Crippen LogP contribution in [0.25, 0.3) is 0 Å². The lowest BCUT2D eigenvalue weighted by Crippen LogP contribution is -2.43. The van der Waals surface area contributed by atoms with Crippen LogP contribution in [0.3, 0.4) is 0 Å². The number of carbonyl (C=O) groups is 1. The molecule has 2 aliphatic heterocycles. The van der Waals surface area contributed by atoms with Crippen LogP contribution in [0, 0.1) is 0 Å². The number of pyridine rings is 1. The zero-order valence-electron chi connectivity index (χ0n) is 18.0. The van der Waals surface area contributed by atoms with Crippen molar-refractivity contribution in [2.45, 2.75) is 31.1 Å². The monoisotopic (exact) mass is 488 g/mol. The van der Waals surface area contributed by atoms with Crippen molar-refractivity contribution in [3.8, 4) is 16.7 Å². The zero-order chi connectivity index (χ0) is 21.9. The minimum atomic E-state index is -0.173. The fourth-order valence-electron chi connectivity index (χ4n) is 4.03. The normalized spacial score (nSPS) is 21.4. The van der Waals surface area contributed by atoms with Gasteiger partial charge >= 0.3 is 0 Å². The Morgan fingerprint density at radius 3 is 3.00 bits per heavy atom. The van der Waals surface area contributed by atoms with E-state index in [0.717, 1.165) is 36.3 Å². The van der Waals surface area contributed by atoms with Gasteiger partial charge in [-0.05, 0) is 42.7 Å². The molecule has 1 fully saturated rings. The summed E-state index contributed by atoms with van der Waals surface area (Å²) >= 11 is 1.22. The van der Waals surface area contributed by atoms with Crippen LogP contribution in [0.15, 0.2) is 48.9 Å². The molecule has 2 N–H and O–H groups in total. The summed E-state index contributed by atoms with van der Waals surface area (Å²) in [6.45, 7) is 1.41. The lowest BCUT2D eigenvalue weighted by molar-refractivity contribution is 0.0782. The number of rotatable bonds is 6. The van der Waals surface area contributed by atoms with Crippen LogP contribution in [-0.2, 0) is 11.2 Å². The molecular formula is C23H25ClN4O4S. The van der Waals surface area contributed by atoms with Crippen molar-refractivity contribution >= 4 is 29.7 Å². The van der Waals surface area contributed by atoms with Crippen molar-refractivity contribution in [1.82, 2.24) is 20.6 Å². The van der Waals surface area contributed by atoms with Gasteiger partial charge in [0.2, 0.25) is 0 Å². The van der Waals surface area contributed by atoms with Crippen LogP contribution in [0.5, 0.6) is 16.7 Å². The number of halogens is 1. The van der Waals surface area contributed by atoms with Crippen molar-refractivity contribution < 1.29 is 19.0 Å². The maximum absolute atomic E-state index is 12.6. The fourth-order valence-corrected chi connectivity index (χ4v) is 4.71. The van der Waals surface area contributed by atoms with Crippen molar-refractivity contribution in [1.29, 1.82) is 0 Å². The molecule has 0 spiro atoms. The number of amides is 1. The first-order chi connectivity index (χ1) is 15.7. The Bertz CT molecular complexity index is 1100. The maximum atomic E-state index is 12.6. The molecule has 174 valence electrons. The second-order valence-electron chi connectivity index (χ2n) is 7.81. The van der Waals surface area contributed by atoms with Crippen LogP contribution in [0.2, 0.25) is 0 Å². The quantitative estimate of drug-likeness (QED) is 0.548. The molecule has 0 saturated carbocycles. The van der Waals surface area contributed by atoms with Crippen LogP contribution in [0.4, 0.5) is 0 Å². The van der Waals surface area contributed by atoms with Gasteiger partial charge in [0.25, 0.3) is 11.1 Å². The smallest absolute Gasteiger partial charge is 0.279 e. The first-order valence-corrected chi connectivity index (χ1v) is 11.4. The van der Waals surface area contributed by atoms with E-state index >= 15 is 0 Å². The molecule has 2 aliphatic rings. The van der Waals surface area contributed by atoms with E-state index in [4.69, 9.17) is 14.2 Å². The van der Waals surface area contributed by atoms with E-state index in [9.17, 15) is 4.79 Å². The van der Waals surface area contributed by atoms with Gasteiger partial charge in [-0.2, -0.15) is 0 Å². The van der Waals surface area contributed by atoms with E-state index in [1.54, 1.807) is 19.5 Å². The maximum Gasteiger partial charge on any atom is 0.279 e. The van der Waals surface area contributed by atoms with Crippen LogP contribution < -0.4 is 20.1 Å². The SMILES string of the molecule is CO[C@H]1CNC[C@@H]1NC(=O)c1cnc(Oc2ccc3c(c2)CCC(c2cccnc2)O3)s1.Cl. The minimum Gasteiger partial charge on any atom is -0.485 e. The Hall–Kier alpha value is -2.72. The van der Waals surface area contributed by atoms with E-state index in [0.29, 0.717) is 22.4 Å². The third kappa shape index (κ3) is 5.27. The number of nitrogens with one attached hydrogen (secondary N) is 2. The van der Waals surface area contributed by atoms with Gasteiger partial charge in [-0.1, -0.05) is 17.4 Å². The first-order valence-electron chi connectivity index (χ1n) is 10.6. The van der Waals surface area contributed by atoms with Gasteiger partial charge in [0, 0.05) is 38.2 Å². The number of carbonyl (C=O) groups excluding carboxylic acids is 1. The topological polar surface area (TPSA) is 94.6 Å². The number of methoxy groups -OCH3 is 1.